The number of amides is 1. The summed E-state index contributed by atoms with van der Waals surface area (Å²) in [6.45, 7) is 0. The van der Waals surface area contributed by atoms with Crippen LogP contribution < -0.4 is 11.5 Å². The van der Waals surface area contributed by atoms with Crippen molar-refractivity contribution in [2.45, 2.75) is 12.3 Å². The molecule has 0 fully saturated rings. The SMILES string of the molecule is NC(=O)O[C@H](c1ccc2c(N)n(-c3ccccc3)nc2c1)C(F)(F)F. The molecule has 0 saturated heterocycles. The number of hydrogen-bond acceptors (Lipinski definition) is 4. The summed E-state index contributed by atoms with van der Waals surface area (Å²) in [4.78, 5) is 10.8. The highest BCUT2D eigenvalue weighted by Gasteiger charge is 2.44. The summed E-state index contributed by atoms with van der Waals surface area (Å²) < 4.78 is 45.0. The van der Waals surface area contributed by atoms with E-state index in [0.717, 1.165) is 0 Å². The van der Waals surface area contributed by atoms with Gasteiger partial charge in [0.2, 0.25) is 6.10 Å². The molecule has 0 aliphatic rings. The molecule has 2 aromatic carbocycles. The number of para-hydroxylation sites is 1. The fourth-order valence-electron chi connectivity index (χ4n) is 2.49. The van der Waals surface area contributed by atoms with Gasteiger partial charge in [0.05, 0.1) is 11.2 Å². The Morgan fingerprint density at radius 2 is 1.84 bits per heavy atom. The van der Waals surface area contributed by atoms with Gasteiger partial charge < -0.3 is 16.2 Å². The molecule has 1 amide bonds. The van der Waals surface area contributed by atoms with E-state index in [1.165, 1.54) is 22.9 Å². The number of aromatic nitrogens is 2. The molecule has 0 saturated carbocycles. The number of hydrogen-bond donors (Lipinski definition) is 2. The molecule has 0 aliphatic heterocycles. The van der Waals surface area contributed by atoms with Crippen LogP contribution in [-0.4, -0.2) is 22.1 Å². The molecule has 4 N–H and O–H groups in total. The normalized spacial score (nSPS) is 12.9. The molecule has 1 atom stereocenters. The summed E-state index contributed by atoms with van der Waals surface area (Å²) in [5.41, 5.74) is 11.4. The van der Waals surface area contributed by atoms with Crippen LogP contribution in [0.1, 0.15) is 11.7 Å². The Bertz CT molecular complexity index is 922. The third kappa shape index (κ3) is 3.21. The highest BCUT2D eigenvalue weighted by Crippen LogP contribution is 2.37. The van der Waals surface area contributed by atoms with Crippen molar-refractivity contribution >= 4 is 22.8 Å². The van der Waals surface area contributed by atoms with Crippen LogP contribution in [0.3, 0.4) is 0 Å². The Balaban J connectivity index is 2.10. The average Bonchev–Trinajstić information content (AvgIpc) is 2.88. The number of primary amides is 1. The van der Waals surface area contributed by atoms with Gasteiger partial charge in [-0.1, -0.05) is 24.3 Å². The lowest BCUT2D eigenvalue weighted by atomic mass is 10.1. The van der Waals surface area contributed by atoms with E-state index in [0.29, 0.717) is 11.1 Å². The van der Waals surface area contributed by atoms with Crippen LogP contribution in [0.5, 0.6) is 0 Å². The summed E-state index contributed by atoms with van der Waals surface area (Å²) in [6, 6.07) is 12.7. The molecular formula is C16H13F3N4O2. The maximum Gasteiger partial charge on any atom is 0.429 e. The van der Waals surface area contributed by atoms with Gasteiger partial charge in [0.1, 0.15) is 5.82 Å². The average molecular weight is 350 g/mol. The molecule has 6 nitrogen and oxygen atoms in total. The number of benzene rings is 2. The highest BCUT2D eigenvalue weighted by molar-refractivity contribution is 5.90. The molecule has 0 unspecified atom stereocenters. The van der Waals surface area contributed by atoms with E-state index in [4.69, 9.17) is 11.5 Å². The quantitative estimate of drug-likeness (QED) is 0.757. The molecule has 0 aliphatic carbocycles. The number of halogens is 3. The van der Waals surface area contributed by atoms with Crippen LogP contribution in [0.15, 0.2) is 48.5 Å². The van der Waals surface area contributed by atoms with Crippen molar-refractivity contribution in [2.75, 3.05) is 5.73 Å². The Hall–Kier alpha value is -3.23. The number of carbonyl (C=O) groups is 1. The topological polar surface area (TPSA) is 96.2 Å². The van der Waals surface area contributed by atoms with Crippen molar-refractivity contribution in [1.29, 1.82) is 0 Å². The van der Waals surface area contributed by atoms with Gasteiger partial charge in [-0.25, -0.2) is 9.48 Å². The van der Waals surface area contributed by atoms with Crippen molar-refractivity contribution in [1.82, 2.24) is 9.78 Å². The van der Waals surface area contributed by atoms with E-state index in [2.05, 4.69) is 9.84 Å². The Morgan fingerprint density at radius 3 is 2.44 bits per heavy atom. The lowest BCUT2D eigenvalue weighted by molar-refractivity contribution is -0.205. The Labute approximate surface area is 139 Å². The summed E-state index contributed by atoms with van der Waals surface area (Å²) in [7, 11) is 0. The second-order valence-corrected chi connectivity index (χ2v) is 5.27. The van der Waals surface area contributed by atoms with Gasteiger partial charge in [-0.2, -0.15) is 18.3 Å². The highest BCUT2D eigenvalue weighted by atomic mass is 19.4. The first kappa shape index (κ1) is 16.6. The number of nitrogens with two attached hydrogens (primary N) is 2. The van der Waals surface area contributed by atoms with E-state index in [-0.39, 0.29) is 16.9 Å². The molecular weight excluding hydrogens is 337 g/mol. The summed E-state index contributed by atoms with van der Waals surface area (Å²) >= 11 is 0. The second kappa shape index (κ2) is 6.00. The molecule has 0 spiro atoms. The largest absolute Gasteiger partial charge is 0.432 e. The minimum atomic E-state index is -4.81. The van der Waals surface area contributed by atoms with Crippen molar-refractivity contribution in [3.8, 4) is 5.69 Å². The molecule has 9 heteroatoms. The Morgan fingerprint density at radius 1 is 1.16 bits per heavy atom. The van der Waals surface area contributed by atoms with Crippen LogP contribution in [-0.2, 0) is 4.74 Å². The van der Waals surface area contributed by atoms with E-state index < -0.39 is 18.4 Å². The van der Waals surface area contributed by atoms with E-state index >= 15 is 0 Å². The predicted molar refractivity (Wildman–Crippen MR) is 84.9 cm³/mol. The van der Waals surface area contributed by atoms with Crippen LogP contribution in [0.2, 0.25) is 0 Å². The minimum absolute atomic E-state index is 0.237. The van der Waals surface area contributed by atoms with Gasteiger partial charge in [0, 0.05) is 10.9 Å². The zero-order valence-electron chi connectivity index (χ0n) is 12.7. The molecule has 3 aromatic rings. The fraction of sp³-hybridized carbons (Fsp3) is 0.125. The molecule has 130 valence electrons. The first-order valence-corrected chi connectivity index (χ1v) is 7.14. The predicted octanol–water partition coefficient (Wildman–Crippen LogP) is 3.31. The maximum atomic E-state index is 13.1. The monoisotopic (exact) mass is 350 g/mol. The van der Waals surface area contributed by atoms with Gasteiger partial charge in [-0.05, 0) is 24.3 Å². The third-order valence-electron chi connectivity index (χ3n) is 3.57. The van der Waals surface area contributed by atoms with Crippen LogP contribution in [0.25, 0.3) is 16.6 Å². The Kier molecular flexibility index (Phi) is 3.99. The zero-order chi connectivity index (χ0) is 18.2. The molecule has 3 rings (SSSR count). The van der Waals surface area contributed by atoms with Crippen molar-refractivity contribution in [2.24, 2.45) is 5.73 Å². The van der Waals surface area contributed by atoms with E-state index in [1.807, 2.05) is 6.07 Å². The zero-order valence-corrected chi connectivity index (χ0v) is 12.7. The number of nitrogens with zero attached hydrogens (tertiary/aromatic N) is 2. The van der Waals surface area contributed by atoms with Crippen molar-refractivity contribution < 1.29 is 22.7 Å². The van der Waals surface area contributed by atoms with Crippen LogP contribution in [0.4, 0.5) is 23.8 Å². The smallest absolute Gasteiger partial charge is 0.429 e. The van der Waals surface area contributed by atoms with Crippen LogP contribution in [0, 0.1) is 0 Å². The van der Waals surface area contributed by atoms with Crippen LogP contribution >= 0.6 is 0 Å². The number of ether oxygens (including phenoxy) is 1. The van der Waals surface area contributed by atoms with E-state index in [1.54, 1.807) is 24.3 Å². The fourth-order valence-corrected chi connectivity index (χ4v) is 2.49. The first-order chi connectivity index (χ1) is 11.8. The standard InChI is InChI=1S/C16H13F3N4O2/c17-16(18,19)13(25-15(21)24)9-6-7-11-12(8-9)22-23(14(11)20)10-4-2-1-3-5-10/h1-8,13H,20H2,(H2,21,24)/t13-/m1/s1. The number of carbonyl (C=O) groups excluding carboxylic acids is 1. The van der Waals surface area contributed by atoms with Gasteiger partial charge in [-0.3, -0.25) is 0 Å². The first-order valence-electron chi connectivity index (χ1n) is 7.14. The lowest BCUT2D eigenvalue weighted by Crippen LogP contribution is -2.28. The number of anilines is 1. The third-order valence-corrected chi connectivity index (χ3v) is 3.57. The van der Waals surface area contributed by atoms with Gasteiger partial charge in [0.15, 0.2) is 0 Å². The summed E-state index contributed by atoms with van der Waals surface area (Å²) in [6.07, 6.45) is -8.80. The molecule has 1 heterocycles. The van der Waals surface area contributed by atoms with Gasteiger partial charge in [0.25, 0.3) is 0 Å². The molecule has 1 aromatic heterocycles. The number of nitrogen functional groups attached to an aromatic ring is 1. The molecule has 0 radical (unpaired) electrons. The second-order valence-electron chi connectivity index (χ2n) is 5.27. The number of rotatable bonds is 3. The van der Waals surface area contributed by atoms with Gasteiger partial charge in [-0.15, -0.1) is 0 Å². The summed E-state index contributed by atoms with van der Waals surface area (Å²) in [5.74, 6) is 0.284. The lowest BCUT2D eigenvalue weighted by Gasteiger charge is -2.19. The maximum absolute atomic E-state index is 13.1. The van der Waals surface area contributed by atoms with Gasteiger partial charge >= 0.3 is 12.3 Å². The van der Waals surface area contributed by atoms with Crippen molar-refractivity contribution in [3.63, 3.8) is 0 Å². The van der Waals surface area contributed by atoms with E-state index in [9.17, 15) is 18.0 Å². The minimum Gasteiger partial charge on any atom is -0.432 e. The molecule has 0 bridgehead atoms. The molecule has 25 heavy (non-hydrogen) atoms. The number of fused-ring (bicyclic) bond motifs is 1. The number of alkyl halides is 3. The van der Waals surface area contributed by atoms with Crippen molar-refractivity contribution in [3.05, 3.63) is 54.1 Å². The summed E-state index contributed by atoms with van der Waals surface area (Å²) in [5, 5.41) is 4.72.